The molecule has 1 heterocycles. The van der Waals surface area contributed by atoms with E-state index in [4.69, 9.17) is 9.84 Å². The number of amides is 1. The molecule has 0 spiro atoms. The number of carboxylic acid groups (broad SMARTS) is 1. The highest BCUT2D eigenvalue weighted by Crippen LogP contribution is 2.28. The second-order valence-electron chi connectivity index (χ2n) is 7.29. The van der Waals surface area contributed by atoms with Crippen molar-refractivity contribution in [1.29, 1.82) is 0 Å². The molecule has 5 nitrogen and oxygen atoms in total. The molecule has 1 aliphatic carbocycles. The number of carbonyl (C=O) groups is 2. The molecule has 2 aliphatic rings. The van der Waals surface area contributed by atoms with Gasteiger partial charge >= 0.3 is 5.97 Å². The quantitative estimate of drug-likeness (QED) is 0.815. The van der Waals surface area contributed by atoms with E-state index in [1.54, 1.807) is 0 Å². The lowest BCUT2D eigenvalue weighted by atomic mass is 9.88. The normalized spacial score (nSPS) is 27.7. The van der Waals surface area contributed by atoms with Crippen molar-refractivity contribution in [3.8, 4) is 0 Å². The Morgan fingerprint density at radius 1 is 1.22 bits per heavy atom. The van der Waals surface area contributed by atoms with Crippen molar-refractivity contribution < 1.29 is 19.4 Å². The fourth-order valence-electron chi connectivity index (χ4n) is 3.87. The average Bonchev–Trinajstić information content (AvgIpc) is 2.52. The fraction of sp³-hybridized carbons (Fsp3) is 0.889. The third-order valence-electron chi connectivity index (χ3n) is 5.28. The summed E-state index contributed by atoms with van der Waals surface area (Å²) in [4.78, 5) is 25.4. The van der Waals surface area contributed by atoms with E-state index in [2.05, 4.69) is 6.92 Å². The lowest BCUT2D eigenvalue weighted by molar-refractivity contribution is -0.151. The van der Waals surface area contributed by atoms with Gasteiger partial charge in [-0.05, 0) is 43.9 Å². The molecule has 1 saturated heterocycles. The predicted molar refractivity (Wildman–Crippen MR) is 88.1 cm³/mol. The zero-order valence-electron chi connectivity index (χ0n) is 14.5. The molecule has 1 aliphatic heterocycles. The average molecular weight is 325 g/mol. The van der Waals surface area contributed by atoms with Crippen molar-refractivity contribution in [2.75, 3.05) is 13.1 Å². The van der Waals surface area contributed by atoms with Gasteiger partial charge in [0, 0.05) is 19.5 Å². The molecule has 0 aromatic carbocycles. The summed E-state index contributed by atoms with van der Waals surface area (Å²) in [6, 6.07) is 0. The van der Waals surface area contributed by atoms with E-state index in [-0.39, 0.29) is 30.5 Å². The number of aliphatic carboxylic acids is 1. The Hall–Kier alpha value is -1.10. The maximum Gasteiger partial charge on any atom is 0.303 e. The molecule has 3 atom stereocenters. The monoisotopic (exact) mass is 325 g/mol. The predicted octanol–water partition coefficient (Wildman–Crippen LogP) is 3.07. The smallest absolute Gasteiger partial charge is 0.303 e. The molecule has 5 heteroatoms. The zero-order chi connectivity index (χ0) is 16.8. The number of ether oxygens (including phenoxy) is 1. The van der Waals surface area contributed by atoms with E-state index < -0.39 is 5.97 Å². The van der Waals surface area contributed by atoms with Gasteiger partial charge in [0.05, 0.1) is 6.10 Å². The van der Waals surface area contributed by atoms with E-state index in [1.807, 2.05) is 11.8 Å². The summed E-state index contributed by atoms with van der Waals surface area (Å²) in [6.07, 6.45) is 6.97. The Labute approximate surface area is 139 Å². The van der Waals surface area contributed by atoms with Gasteiger partial charge in [-0.3, -0.25) is 9.59 Å². The second kappa shape index (κ2) is 8.67. The summed E-state index contributed by atoms with van der Waals surface area (Å²) >= 11 is 0. The first-order valence-corrected chi connectivity index (χ1v) is 9.15. The summed E-state index contributed by atoms with van der Waals surface area (Å²) in [5, 5.41) is 8.87. The van der Waals surface area contributed by atoms with Gasteiger partial charge in [-0.2, -0.15) is 0 Å². The van der Waals surface area contributed by atoms with Gasteiger partial charge < -0.3 is 14.7 Å². The van der Waals surface area contributed by atoms with Crippen LogP contribution in [0.3, 0.4) is 0 Å². The number of rotatable bonds is 6. The minimum absolute atomic E-state index is 0.0968. The SMILES string of the molecule is CCC(OC1CCCC(C)C1)C(=O)N1CCC(CC(=O)O)CC1. The highest BCUT2D eigenvalue weighted by Gasteiger charge is 2.31. The van der Waals surface area contributed by atoms with Gasteiger partial charge in [-0.15, -0.1) is 0 Å². The van der Waals surface area contributed by atoms with Crippen LogP contribution >= 0.6 is 0 Å². The number of carbonyl (C=O) groups excluding carboxylic acids is 1. The van der Waals surface area contributed by atoms with E-state index >= 15 is 0 Å². The second-order valence-corrected chi connectivity index (χ2v) is 7.29. The fourth-order valence-corrected chi connectivity index (χ4v) is 3.87. The van der Waals surface area contributed by atoms with Crippen molar-refractivity contribution >= 4 is 11.9 Å². The molecule has 2 rings (SSSR count). The van der Waals surface area contributed by atoms with Crippen molar-refractivity contribution in [3.05, 3.63) is 0 Å². The van der Waals surface area contributed by atoms with Crippen LogP contribution in [0.4, 0.5) is 0 Å². The number of hydrogen-bond donors (Lipinski definition) is 1. The van der Waals surface area contributed by atoms with Crippen LogP contribution in [0.5, 0.6) is 0 Å². The summed E-state index contributed by atoms with van der Waals surface area (Å²) in [5.41, 5.74) is 0. The van der Waals surface area contributed by atoms with Crippen molar-refractivity contribution in [1.82, 2.24) is 4.90 Å². The molecule has 0 aromatic rings. The van der Waals surface area contributed by atoms with Crippen LogP contribution in [0.1, 0.15) is 65.2 Å². The Morgan fingerprint density at radius 3 is 2.48 bits per heavy atom. The molecule has 1 N–H and O–H groups in total. The molecule has 1 saturated carbocycles. The van der Waals surface area contributed by atoms with Crippen LogP contribution in [0.25, 0.3) is 0 Å². The van der Waals surface area contributed by atoms with Gasteiger partial charge in [0.2, 0.25) is 0 Å². The molecule has 132 valence electrons. The van der Waals surface area contributed by atoms with Crippen LogP contribution in [0, 0.1) is 11.8 Å². The van der Waals surface area contributed by atoms with Crippen molar-refractivity contribution in [3.63, 3.8) is 0 Å². The van der Waals surface area contributed by atoms with E-state index in [0.717, 1.165) is 25.7 Å². The molecule has 3 unspecified atom stereocenters. The highest BCUT2D eigenvalue weighted by atomic mass is 16.5. The minimum Gasteiger partial charge on any atom is -0.481 e. The van der Waals surface area contributed by atoms with E-state index in [1.165, 1.54) is 12.8 Å². The third kappa shape index (κ3) is 5.48. The third-order valence-corrected chi connectivity index (χ3v) is 5.28. The molecule has 0 radical (unpaired) electrons. The maximum absolute atomic E-state index is 12.7. The molecular formula is C18H31NO4. The first-order chi connectivity index (χ1) is 11.0. The van der Waals surface area contributed by atoms with Gasteiger partial charge in [0.1, 0.15) is 6.10 Å². The number of hydrogen-bond acceptors (Lipinski definition) is 3. The van der Waals surface area contributed by atoms with Crippen LogP contribution < -0.4 is 0 Å². The van der Waals surface area contributed by atoms with Crippen LogP contribution in [-0.2, 0) is 14.3 Å². The Balaban J connectivity index is 1.81. The van der Waals surface area contributed by atoms with Crippen LogP contribution in [0.2, 0.25) is 0 Å². The first kappa shape index (κ1) is 18.2. The summed E-state index contributed by atoms with van der Waals surface area (Å²) in [5.74, 6) is 0.250. The van der Waals surface area contributed by atoms with E-state index in [9.17, 15) is 9.59 Å². The first-order valence-electron chi connectivity index (χ1n) is 9.15. The van der Waals surface area contributed by atoms with Crippen LogP contribution in [-0.4, -0.2) is 47.2 Å². The Morgan fingerprint density at radius 2 is 1.91 bits per heavy atom. The van der Waals surface area contributed by atoms with Crippen molar-refractivity contribution in [2.45, 2.75) is 77.4 Å². The standard InChI is InChI=1S/C18H31NO4/c1-3-16(23-15-6-4-5-13(2)11-15)18(22)19-9-7-14(8-10-19)12-17(20)21/h13-16H,3-12H2,1-2H3,(H,20,21). The molecule has 0 bridgehead atoms. The highest BCUT2D eigenvalue weighted by molar-refractivity contribution is 5.81. The van der Waals surface area contributed by atoms with Crippen molar-refractivity contribution in [2.24, 2.45) is 11.8 Å². The van der Waals surface area contributed by atoms with Gasteiger partial charge in [0.25, 0.3) is 5.91 Å². The molecule has 23 heavy (non-hydrogen) atoms. The maximum atomic E-state index is 12.7. The number of carboxylic acids is 1. The molecule has 2 fully saturated rings. The molecule has 0 aromatic heterocycles. The van der Waals surface area contributed by atoms with Crippen LogP contribution in [0.15, 0.2) is 0 Å². The van der Waals surface area contributed by atoms with Gasteiger partial charge in [0.15, 0.2) is 0 Å². The van der Waals surface area contributed by atoms with Gasteiger partial charge in [-0.1, -0.05) is 26.7 Å². The number of likely N-dealkylation sites (tertiary alicyclic amines) is 1. The summed E-state index contributed by atoms with van der Waals surface area (Å²) < 4.78 is 6.13. The number of nitrogens with zero attached hydrogens (tertiary/aromatic N) is 1. The summed E-state index contributed by atoms with van der Waals surface area (Å²) in [7, 11) is 0. The minimum atomic E-state index is -0.740. The number of piperidine rings is 1. The Kier molecular flexibility index (Phi) is 6.88. The molecular weight excluding hydrogens is 294 g/mol. The topological polar surface area (TPSA) is 66.8 Å². The lowest BCUT2D eigenvalue weighted by Gasteiger charge is -2.35. The lowest BCUT2D eigenvalue weighted by Crippen LogP contribution is -2.46. The van der Waals surface area contributed by atoms with Gasteiger partial charge in [-0.25, -0.2) is 0 Å². The van der Waals surface area contributed by atoms with E-state index in [0.29, 0.717) is 25.4 Å². The largest absolute Gasteiger partial charge is 0.481 e. The Bertz CT molecular complexity index is 404. The zero-order valence-corrected chi connectivity index (χ0v) is 14.5. The summed E-state index contributed by atoms with van der Waals surface area (Å²) in [6.45, 7) is 5.59. The molecule has 1 amide bonds.